The van der Waals surface area contributed by atoms with E-state index in [9.17, 15) is 0 Å². The van der Waals surface area contributed by atoms with Crippen molar-refractivity contribution in [2.45, 2.75) is 34.1 Å². The average Bonchev–Trinajstić information content (AvgIpc) is 2.95. The van der Waals surface area contributed by atoms with Crippen molar-refractivity contribution in [3.63, 3.8) is 0 Å². The van der Waals surface area contributed by atoms with Gasteiger partial charge >= 0.3 is 0 Å². The zero-order chi connectivity index (χ0) is 26.4. The smallest absolute Gasteiger partial charge is 0.0351 e. The predicted molar refractivity (Wildman–Crippen MR) is 166 cm³/mol. The SMILES string of the molecule is C.CCc1ccc(CC)cc1.COC.COC.c1ccc2ccccc2c1.c1ccc2ccccc2c1. The molecule has 0 spiro atoms. The second-order valence-corrected chi connectivity index (χ2v) is 8.03. The Morgan fingerprint density at radius 3 is 0.676 bits per heavy atom. The third kappa shape index (κ3) is 14.0. The molecule has 5 aromatic rings. The third-order valence-electron chi connectivity index (χ3n) is 5.16. The van der Waals surface area contributed by atoms with Crippen LogP contribution < -0.4 is 0 Å². The highest BCUT2D eigenvalue weighted by molar-refractivity contribution is 5.82. The van der Waals surface area contributed by atoms with E-state index in [4.69, 9.17) is 0 Å². The summed E-state index contributed by atoms with van der Waals surface area (Å²) >= 11 is 0. The molecule has 0 unspecified atom stereocenters. The van der Waals surface area contributed by atoms with Crippen molar-refractivity contribution < 1.29 is 9.47 Å². The lowest BCUT2D eigenvalue weighted by Gasteiger charge is -1.97. The Hall–Kier alpha value is -3.46. The van der Waals surface area contributed by atoms with Gasteiger partial charge in [0.1, 0.15) is 0 Å². The summed E-state index contributed by atoms with van der Waals surface area (Å²) in [7, 11) is 6.50. The van der Waals surface area contributed by atoms with Crippen LogP contribution >= 0.6 is 0 Å². The van der Waals surface area contributed by atoms with Gasteiger partial charge in [-0.2, -0.15) is 0 Å². The highest BCUT2D eigenvalue weighted by Gasteiger charge is 1.88. The standard InChI is InChI=1S/2C10H8.C10H14.2C2H6O.CH4/c2*1-2-6-10-8-4-3-7-9(10)5-1;1-3-9-5-7-10(4-2)8-6-9;2*1-3-2;/h2*1-8H;5-8H,3-4H2,1-2H3;2*1-2H3;1H4. The van der Waals surface area contributed by atoms with E-state index in [1.54, 1.807) is 28.4 Å². The topological polar surface area (TPSA) is 18.5 Å². The molecule has 0 aliphatic carbocycles. The van der Waals surface area contributed by atoms with Crippen molar-refractivity contribution in [3.8, 4) is 0 Å². The molecular weight excluding hydrogens is 452 g/mol. The molecule has 5 aromatic carbocycles. The summed E-state index contributed by atoms with van der Waals surface area (Å²) in [5.41, 5.74) is 2.86. The van der Waals surface area contributed by atoms with E-state index < -0.39 is 0 Å². The quantitative estimate of drug-likeness (QED) is 0.241. The van der Waals surface area contributed by atoms with Crippen LogP contribution in [0.4, 0.5) is 0 Å². The predicted octanol–water partition coefficient (Wildman–Crippen LogP) is 9.65. The normalized spacial score (nSPS) is 9.03. The van der Waals surface area contributed by atoms with Crippen LogP contribution in [0.2, 0.25) is 0 Å². The Morgan fingerprint density at radius 2 is 0.541 bits per heavy atom. The summed E-state index contributed by atoms with van der Waals surface area (Å²) in [4.78, 5) is 0. The van der Waals surface area contributed by atoms with Crippen molar-refractivity contribution >= 4 is 21.5 Å². The molecule has 0 aromatic heterocycles. The summed E-state index contributed by atoms with van der Waals surface area (Å²) < 4.78 is 8.50. The first kappa shape index (κ1) is 33.5. The number of hydrogen-bond donors (Lipinski definition) is 0. The minimum atomic E-state index is 0. The van der Waals surface area contributed by atoms with Gasteiger partial charge in [0.05, 0.1) is 0 Å². The van der Waals surface area contributed by atoms with E-state index in [-0.39, 0.29) is 7.43 Å². The van der Waals surface area contributed by atoms with Gasteiger partial charge in [-0.05, 0) is 45.5 Å². The second-order valence-electron chi connectivity index (χ2n) is 8.03. The zero-order valence-corrected chi connectivity index (χ0v) is 22.8. The Balaban J connectivity index is 0.000000469. The van der Waals surface area contributed by atoms with Gasteiger partial charge in [0, 0.05) is 28.4 Å². The first-order valence-corrected chi connectivity index (χ1v) is 12.4. The second kappa shape index (κ2) is 21.8. The molecular formula is C35H46O2. The minimum absolute atomic E-state index is 0. The van der Waals surface area contributed by atoms with E-state index in [2.05, 4.69) is 145 Å². The Kier molecular flexibility index (Phi) is 19.8. The first-order chi connectivity index (χ1) is 17.6. The van der Waals surface area contributed by atoms with Crippen molar-refractivity contribution in [2.75, 3.05) is 28.4 Å². The molecule has 0 atom stereocenters. The van der Waals surface area contributed by atoms with Crippen LogP contribution in [-0.4, -0.2) is 28.4 Å². The molecule has 2 nitrogen and oxygen atoms in total. The van der Waals surface area contributed by atoms with Crippen molar-refractivity contribution in [1.29, 1.82) is 0 Å². The molecule has 0 aliphatic heterocycles. The maximum atomic E-state index is 4.25. The Bertz CT molecular complexity index is 969. The Labute approximate surface area is 225 Å². The molecule has 0 N–H and O–H groups in total. The number of rotatable bonds is 2. The molecule has 0 heterocycles. The summed E-state index contributed by atoms with van der Waals surface area (Å²) in [6.07, 6.45) is 2.29. The van der Waals surface area contributed by atoms with Crippen LogP contribution in [0, 0.1) is 0 Å². The average molecular weight is 499 g/mol. The fraction of sp³-hybridized carbons (Fsp3) is 0.257. The highest BCUT2D eigenvalue weighted by Crippen LogP contribution is 2.12. The molecule has 198 valence electrons. The maximum absolute atomic E-state index is 4.25. The molecule has 0 radical (unpaired) electrons. The van der Waals surface area contributed by atoms with Crippen molar-refractivity contribution in [3.05, 3.63) is 132 Å². The minimum Gasteiger partial charge on any atom is -0.388 e. The Morgan fingerprint density at radius 1 is 0.378 bits per heavy atom. The lowest BCUT2D eigenvalue weighted by molar-refractivity contribution is 0.277. The number of hydrogen-bond acceptors (Lipinski definition) is 2. The number of benzene rings is 5. The lowest BCUT2D eigenvalue weighted by Crippen LogP contribution is -1.81. The van der Waals surface area contributed by atoms with Gasteiger partial charge in [-0.1, -0.05) is 143 Å². The van der Waals surface area contributed by atoms with E-state index >= 15 is 0 Å². The molecule has 0 fully saturated rings. The lowest BCUT2D eigenvalue weighted by atomic mass is 10.1. The van der Waals surface area contributed by atoms with Crippen LogP contribution in [0.3, 0.4) is 0 Å². The summed E-state index contributed by atoms with van der Waals surface area (Å²) in [5.74, 6) is 0. The van der Waals surface area contributed by atoms with Crippen molar-refractivity contribution in [2.24, 2.45) is 0 Å². The van der Waals surface area contributed by atoms with E-state index in [0.29, 0.717) is 0 Å². The van der Waals surface area contributed by atoms with Crippen LogP contribution in [0.5, 0.6) is 0 Å². The van der Waals surface area contributed by atoms with E-state index in [0.717, 1.165) is 12.8 Å². The molecule has 5 rings (SSSR count). The molecule has 0 aliphatic rings. The van der Waals surface area contributed by atoms with Crippen molar-refractivity contribution in [1.82, 2.24) is 0 Å². The molecule has 0 saturated heterocycles. The van der Waals surface area contributed by atoms with Crippen LogP contribution in [0.25, 0.3) is 21.5 Å². The van der Waals surface area contributed by atoms with Gasteiger partial charge in [-0.25, -0.2) is 0 Å². The fourth-order valence-electron chi connectivity index (χ4n) is 3.28. The van der Waals surface area contributed by atoms with E-state index in [1.165, 1.54) is 32.7 Å². The number of fused-ring (bicyclic) bond motifs is 2. The largest absolute Gasteiger partial charge is 0.388 e. The monoisotopic (exact) mass is 498 g/mol. The highest BCUT2D eigenvalue weighted by atomic mass is 16.5. The zero-order valence-electron chi connectivity index (χ0n) is 22.8. The van der Waals surface area contributed by atoms with Gasteiger partial charge in [0.25, 0.3) is 0 Å². The molecule has 37 heavy (non-hydrogen) atoms. The molecule has 0 saturated carbocycles. The van der Waals surface area contributed by atoms with Crippen LogP contribution in [-0.2, 0) is 22.3 Å². The number of methoxy groups -OCH3 is 2. The van der Waals surface area contributed by atoms with E-state index in [1.807, 2.05) is 0 Å². The van der Waals surface area contributed by atoms with Crippen LogP contribution in [0.1, 0.15) is 32.4 Å². The van der Waals surface area contributed by atoms with Gasteiger partial charge in [0.2, 0.25) is 0 Å². The molecule has 0 amide bonds. The van der Waals surface area contributed by atoms with Gasteiger partial charge in [-0.15, -0.1) is 0 Å². The maximum Gasteiger partial charge on any atom is 0.0351 e. The number of ether oxygens (including phenoxy) is 2. The van der Waals surface area contributed by atoms with Gasteiger partial charge in [-0.3, -0.25) is 0 Å². The molecule has 2 heteroatoms. The first-order valence-electron chi connectivity index (χ1n) is 12.4. The van der Waals surface area contributed by atoms with Gasteiger partial charge in [0.15, 0.2) is 0 Å². The summed E-state index contributed by atoms with van der Waals surface area (Å²) in [6, 6.07) is 42.3. The number of aryl methyl sites for hydroxylation is 2. The summed E-state index contributed by atoms with van der Waals surface area (Å²) in [5, 5.41) is 5.24. The molecule has 0 bridgehead atoms. The van der Waals surface area contributed by atoms with Crippen LogP contribution in [0.15, 0.2) is 121 Å². The summed E-state index contributed by atoms with van der Waals surface area (Å²) in [6.45, 7) is 4.36. The third-order valence-corrected chi connectivity index (χ3v) is 5.16. The fourth-order valence-corrected chi connectivity index (χ4v) is 3.28. The van der Waals surface area contributed by atoms with Gasteiger partial charge < -0.3 is 9.47 Å².